The fourth-order valence-electron chi connectivity index (χ4n) is 3.07. The van der Waals surface area contributed by atoms with Gasteiger partial charge in [-0.05, 0) is 31.0 Å². The Bertz CT molecular complexity index is 808. The molecule has 1 heterocycles. The summed E-state index contributed by atoms with van der Waals surface area (Å²) in [5.74, 6) is -1.10. The predicted octanol–water partition coefficient (Wildman–Crippen LogP) is 3.86. The topological polar surface area (TPSA) is 66.8 Å². The van der Waals surface area contributed by atoms with Crippen LogP contribution in [0.3, 0.4) is 0 Å². The SMILES string of the molecule is O=C(O)C1CCCN(C(=O)c2ccccc2OCc2ccccc2Cl)C1. The van der Waals surface area contributed by atoms with E-state index in [1.54, 1.807) is 35.2 Å². The second-order valence-corrected chi connectivity index (χ2v) is 6.71. The van der Waals surface area contributed by atoms with Crippen LogP contribution in [0.2, 0.25) is 5.02 Å². The van der Waals surface area contributed by atoms with Crippen LogP contribution in [0.1, 0.15) is 28.8 Å². The van der Waals surface area contributed by atoms with E-state index in [4.69, 9.17) is 16.3 Å². The van der Waals surface area contributed by atoms with Gasteiger partial charge in [0.25, 0.3) is 5.91 Å². The van der Waals surface area contributed by atoms with Crippen molar-refractivity contribution in [2.24, 2.45) is 5.92 Å². The van der Waals surface area contributed by atoms with Crippen LogP contribution < -0.4 is 4.74 Å². The van der Waals surface area contributed by atoms with Gasteiger partial charge in [-0.15, -0.1) is 0 Å². The van der Waals surface area contributed by atoms with Gasteiger partial charge in [0.2, 0.25) is 0 Å². The van der Waals surface area contributed by atoms with Crippen LogP contribution >= 0.6 is 11.6 Å². The summed E-state index contributed by atoms with van der Waals surface area (Å²) in [5, 5.41) is 9.83. The molecule has 0 aliphatic carbocycles. The fraction of sp³-hybridized carbons (Fsp3) is 0.300. The van der Waals surface area contributed by atoms with Gasteiger partial charge < -0.3 is 14.7 Å². The minimum atomic E-state index is -0.856. The zero-order chi connectivity index (χ0) is 18.5. The molecule has 0 saturated carbocycles. The molecule has 0 spiro atoms. The molecule has 136 valence electrons. The Hall–Kier alpha value is -2.53. The van der Waals surface area contributed by atoms with Crippen molar-refractivity contribution in [2.75, 3.05) is 13.1 Å². The lowest BCUT2D eigenvalue weighted by Gasteiger charge is -2.31. The maximum Gasteiger partial charge on any atom is 0.308 e. The van der Waals surface area contributed by atoms with E-state index >= 15 is 0 Å². The molecule has 1 N–H and O–H groups in total. The molecule has 0 bridgehead atoms. The summed E-state index contributed by atoms with van der Waals surface area (Å²) >= 11 is 6.15. The second kappa shape index (κ2) is 8.23. The summed E-state index contributed by atoms with van der Waals surface area (Å²) in [6, 6.07) is 14.4. The van der Waals surface area contributed by atoms with Gasteiger partial charge in [0, 0.05) is 23.7 Å². The normalized spacial score (nSPS) is 17.0. The number of carboxylic acids is 1. The van der Waals surface area contributed by atoms with Gasteiger partial charge in [0.15, 0.2) is 0 Å². The fourth-order valence-corrected chi connectivity index (χ4v) is 3.26. The Kier molecular flexibility index (Phi) is 5.78. The minimum absolute atomic E-state index is 0.203. The second-order valence-electron chi connectivity index (χ2n) is 6.30. The largest absolute Gasteiger partial charge is 0.488 e. The Morgan fingerprint density at radius 2 is 1.88 bits per heavy atom. The van der Waals surface area contributed by atoms with Gasteiger partial charge in [-0.1, -0.05) is 41.9 Å². The summed E-state index contributed by atoms with van der Waals surface area (Å²) < 4.78 is 5.84. The number of carboxylic acid groups (broad SMARTS) is 1. The van der Waals surface area contributed by atoms with Gasteiger partial charge >= 0.3 is 5.97 Å². The highest BCUT2D eigenvalue weighted by Gasteiger charge is 2.29. The van der Waals surface area contributed by atoms with E-state index in [0.29, 0.717) is 35.7 Å². The molecule has 1 atom stereocenters. The van der Waals surface area contributed by atoms with Crippen molar-refractivity contribution in [3.8, 4) is 5.75 Å². The van der Waals surface area contributed by atoms with Gasteiger partial charge in [-0.2, -0.15) is 0 Å². The number of aliphatic carboxylic acids is 1. The Labute approximate surface area is 157 Å². The minimum Gasteiger partial charge on any atom is -0.488 e. The van der Waals surface area contributed by atoms with Crippen molar-refractivity contribution in [1.29, 1.82) is 0 Å². The van der Waals surface area contributed by atoms with Crippen LogP contribution in [0.5, 0.6) is 5.75 Å². The average molecular weight is 374 g/mol. The number of carbonyl (C=O) groups is 2. The standard InChI is InChI=1S/C20H20ClNO4/c21-17-9-3-1-6-15(17)13-26-18-10-4-2-8-16(18)19(23)22-11-5-7-14(12-22)20(24)25/h1-4,6,8-10,14H,5,7,11-13H2,(H,24,25). The van der Waals surface area contributed by atoms with Crippen molar-refractivity contribution >= 4 is 23.5 Å². The summed E-state index contributed by atoms with van der Waals surface area (Å²) in [6.45, 7) is 1.04. The zero-order valence-electron chi connectivity index (χ0n) is 14.2. The van der Waals surface area contributed by atoms with Crippen molar-refractivity contribution in [3.63, 3.8) is 0 Å². The first-order chi connectivity index (χ1) is 12.6. The molecule has 1 saturated heterocycles. The number of halogens is 1. The first-order valence-corrected chi connectivity index (χ1v) is 8.91. The third-order valence-electron chi connectivity index (χ3n) is 4.52. The molecule has 26 heavy (non-hydrogen) atoms. The van der Waals surface area contributed by atoms with Crippen LogP contribution in [0.4, 0.5) is 0 Å². The average Bonchev–Trinajstić information content (AvgIpc) is 2.67. The lowest BCUT2D eigenvalue weighted by Crippen LogP contribution is -2.42. The summed E-state index contributed by atoms with van der Waals surface area (Å²) in [4.78, 5) is 25.7. The molecule has 1 unspecified atom stereocenters. The maximum atomic E-state index is 12.9. The lowest BCUT2D eigenvalue weighted by atomic mass is 9.97. The number of para-hydroxylation sites is 1. The van der Waals surface area contributed by atoms with Crippen LogP contribution in [-0.4, -0.2) is 35.0 Å². The third-order valence-corrected chi connectivity index (χ3v) is 4.89. The first kappa shape index (κ1) is 18.3. The van der Waals surface area contributed by atoms with Crippen LogP contribution in [0.15, 0.2) is 48.5 Å². The van der Waals surface area contributed by atoms with Gasteiger partial charge in [-0.25, -0.2) is 0 Å². The molecule has 0 radical (unpaired) electrons. The monoisotopic (exact) mass is 373 g/mol. The van der Waals surface area contributed by atoms with E-state index < -0.39 is 11.9 Å². The van der Waals surface area contributed by atoms with Crippen molar-refractivity contribution in [1.82, 2.24) is 4.90 Å². The zero-order valence-corrected chi connectivity index (χ0v) is 15.0. The number of rotatable bonds is 5. The molecule has 1 fully saturated rings. The van der Waals surface area contributed by atoms with Crippen molar-refractivity contribution < 1.29 is 19.4 Å². The molecule has 2 aromatic rings. The van der Waals surface area contributed by atoms with E-state index in [2.05, 4.69) is 0 Å². The molecule has 3 rings (SSSR count). The lowest BCUT2D eigenvalue weighted by molar-refractivity contribution is -0.143. The molecule has 5 nitrogen and oxygen atoms in total. The molecule has 6 heteroatoms. The molecule has 2 aromatic carbocycles. The quantitative estimate of drug-likeness (QED) is 0.864. The van der Waals surface area contributed by atoms with Gasteiger partial charge in [-0.3, -0.25) is 9.59 Å². The molecule has 1 amide bonds. The van der Waals surface area contributed by atoms with E-state index in [9.17, 15) is 14.7 Å². The van der Waals surface area contributed by atoms with Crippen LogP contribution in [0.25, 0.3) is 0 Å². The predicted molar refractivity (Wildman–Crippen MR) is 98.5 cm³/mol. The number of benzene rings is 2. The van der Waals surface area contributed by atoms with Crippen molar-refractivity contribution in [2.45, 2.75) is 19.4 Å². The van der Waals surface area contributed by atoms with E-state index in [1.807, 2.05) is 18.2 Å². The maximum absolute atomic E-state index is 12.9. The van der Waals surface area contributed by atoms with E-state index in [0.717, 1.165) is 5.56 Å². The molecule has 1 aliphatic heterocycles. The van der Waals surface area contributed by atoms with Crippen LogP contribution in [0, 0.1) is 5.92 Å². The van der Waals surface area contributed by atoms with E-state index in [-0.39, 0.29) is 19.1 Å². The third kappa shape index (κ3) is 4.17. The van der Waals surface area contributed by atoms with Gasteiger partial charge in [0.05, 0.1) is 11.5 Å². The number of hydrogen-bond acceptors (Lipinski definition) is 3. The molecular formula is C20H20ClNO4. The number of likely N-dealkylation sites (tertiary alicyclic amines) is 1. The highest BCUT2D eigenvalue weighted by atomic mass is 35.5. The number of nitrogens with zero attached hydrogens (tertiary/aromatic N) is 1. The van der Waals surface area contributed by atoms with E-state index in [1.165, 1.54) is 0 Å². The van der Waals surface area contributed by atoms with Crippen LogP contribution in [-0.2, 0) is 11.4 Å². The highest BCUT2D eigenvalue weighted by Crippen LogP contribution is 2.25. The Balaban J connectivity index is 1.75. The first-order valence-electron chi connectivity index (χ1n) is 8.53. The Morgan fingerprint density at radius 1 is 1.15 bits per heavy atom. The number of amides is 1. The molecule has 0 aromatic heterocycles. The van der Waals surface area contributed by atoms with Gasteiger partial charge in [0.1, 0.15) is 12.4 Å². The summed E-state index contributed by atoms with van der Waals surface area (Å²) in [7, 11) is 0. The molecular weight excluding hydrogens is 354 g/mol. The number of piperidine rings is 1. The highest BCUT2D eigenvalue weighted by molar-refractivity contribution is 6.31. The Morgan fingerprint density at radius 3 is 2.65 bits per heavy atom. The number of ether oxygens (including phenoxy) is 1. The summed E-state index contributed by atoms with van der Waals surface area (Å²) in [6.07, 6.45) is 1.29. The molecule has 1 aliphatic rings. The van der Waals surface area contributed by atoms with Crippen molar-refractivity contribution in [3.05, 3.63) is 64.7 Å². The number of carbonyl (C=O) groups excluding carboxylic acids is 1. The summed E-state index contributed by atoms with van der Waals surface area (Å²) in [5.41, 5.74) is 1.27. The number of hydrogen-bond donors (Lipinski definition) is 1. The smallest absolute Gasteiger partial charge is 0.308 e.